The molecule has 0 aliphatic heterocycles. The molecule has 0 aromatic heterocycles. The molecular weight excluding hydrogens is 373 g/mol. The van der Waals surface area contributed by atoms with Gasteiger partial charge in [-0.05, 0) is 75.3 Å². The smallest absolute Gasteiger partial charge is 0.338 e. The van der Waals surface area contributed by atoms with Crippen LogP contribution in [-0.2, 0) is 10.3 Å². The average Bonchev–Trinajstić information content (AvgIpc) is 2.70. The van der Waals surface area contributed by atoms with Crippen LogP contribution in [0.2, 0.25) is 0 Å². The Kier molecular flexibility index (Phi) is 6.55. The molecule has 0 amide bonds. The molecule has 0 radical (unpaired) electrons. The maximum absolute atomic E-state index is 13.1. The predicted octanol–water partition coefficient (Wildman–Crippen LogP) is 3.61. The first-order chi connectivity index (χ1) is 13.8. The summed E-state index contributed by atoms with van der Waals surface area (Å²) < 4.78 is 24.1. The van der Waals surface area contributed by atoms with Gasteiger partial charge in [-0.2, -0.15) is 0 Å². The van der Waals surface area contributed by atoms with Gasteiger partial charge in [0, 0.05) is 12.5 Å². The molecule has 0 spiro atoms. The molecule has 0 saturated heterocycles. The Morgan fingerprint density at radius 1 is 1.24 bits per heavy atom. The van der Waals surface area contributed by atoms with E-state index in [9.17, 15) is 14.3 Å². The van der Waals surface area contributed by atoms with Crippen LogP contribution in [0.5, 0.6) is 5.75 Å². The number of benzene rings is 2. The lowest BCUT2D eigenvalue weighted by Crippen LogP contribution is -2.47. The molecule has 1 N–H and O–H groups in total. The fourth-order valence-corrected chi connectivity index (χ4v) is 4.07. The van der Waals surface area contributed by atoms with Gasteiger partial charge < -0.3 is 19.5 Å². The van der Waals surface area contributed by atoms with E-state index in [2.05, 4.69) is 0 Å². The molecule has 3 atom stereocenters. The highest BCUT2D eigenvalue weighted by Gasteiger charge is 2.44. The molecule has 0 heterocycles. The van der Waals surface area contributed by atoms with E-state index in [1.807, 2.05) is 43.3 Å². The monoisotopic (exact) mass is 401 g/mol. The lowest BCUT2D eigenvalue weighted by molar-refractivity contribution is -0.0960. The number of methoxy groups -OCH3 is 1. The van der Waals surface area contributed by atoms with Crippen molar-refractivity contribution >= 4 is 5.97 Å². The second kappa shape index (κ2) is 8.93. The van der Waals surface area contributed by atoms with Crippen LogP contribution in [-0.4, -0.2) is 49.8 Å². The van der Waals surface area contributed by atoms with E-state index in [-0.39, 0.29) is 12.0 Å². The highest BCUT2D eigenvalue weighted by atomic mass is 19.1. The van der Waals surface area contributed by atoms with E-state index in [0.29, 0.717) is 37.1 Å². The molecule has 156 valence electrons. The Morgan fingerprint density at radius 2 is 1.97 bits per heavy atom. The summed E-state index contributed by atoms with van der Waals surface area (Å²) in [7, 11) is 5.52. The van der Waals surface area contributed by atoms with E-state index in [1.54, 1.807) is 7.11 Å². The van der Waals surface area contributed by atoms with Crippen molar-refractivity contribution in [3.05, 3.63) is 65.5 Å². The Hall–Kier alpha value is -2.44. The number of hydrogen-bond donors (Lipinski definition) is 1. The molecule has 1 aliphatic rings. The summed E-state index contributed by atoms with van der Waals surface area (Å²) in [6, 6.07) is 12.8. The highest BCUT2D eigenvalue weighted by Crippen LogP contribution is 2.43. The third-order valence-corrected chi connectivity index (χ3v) is 5.58. The summed E-state index contributed by atoms with van der Waals surface area (Å²) in [4.78, 5) is 14.5. The van der Waals surface area contributed by atoms with Crippen LogP contribution < -0.4 is 4.74 Å². The van der Waals surface area contributed by atoms with Gasteiger partial charge in [-0.1, -0.05) is 12.1 Å². The number of rotatable bonds is 6. The standard InChI is InChI=1S/C23H28FNO4/c1-25(2)15-18-14-21(29-22(26)16-7-9-19(24)10-8-16)11-12-23(18,27)17-5-4-6-20(13-17)28-3/h4-10,13,18,21,27H,11-12,14-15H2,1-3H3. The largest absolute Gasteiger partial charge is 0.497 e. The predicted molar refractivity (Wildman–Crippen MR) is 108 cm³/mol. The molecule has 2 aromatic rings. The van der Waals surface area contributed by atoms with Gasteiger partial charge in [-0.25, -0.2) is 9.18 Å². The molecule has 29 heavy (non-hydrogen) atoms. The van der Waals surface area contributed by atoms with Crippen molar-refractivity contribution < 1.29 is 23.8 Å². The fraction of sp³-hybridized carbons (Fsp3) is 0.435. The normalized spacial score (nSPS) is 24.3. The number of hydrogen-bond acceptors (Lipinski definition) is 5. The van der Waals surface area contributed by atoms with Crippen LogP contribution in [0.25, 0.3) is 0 Å². The minimum absolute atomic E-state index is 0.121. The molecule has 6 heteroatoms. The number of esters is 1. The van der Waals surface area contributed by atoms with Gasteiger partial charge in [0.1, 0.15) is 17.7 Å². The number of ether oxygens (including phenoxy) is 2. The van der Waals surface area contributed by atoms with Crippen molar-refractivity contribution in [2.45, 2.75) is 31.0 Å². The summed E-state index contributed by atoms with van der Waals surface area (Å²) in [5, 5.41) is 11.6. The van der Waals surface area contributed by atoms with Crippen molar-refractivity contribution in [2.75, 3.05) is 27.7 Å². The second-order valence-electron chi connectivity index (χ2n) is 7.92. The first kappa shape index (κ1) is 21.3. The molecule has 0 bridgehead atoms. The number of carbonyl (C=O) groups is 1. The van der Waals surface area contributed by atoms with Crippen molar-refractivity contribution in [3.8, 4) is 5.75 Å². The Balaban J connectivity index is 1.77. The highest BCUT2D eigenvalue weighted by molar-refractivity contribution is 5.89. The number of nitrogens with zero attached hydrogens (tertiary/aromatic N) is 1. The second-order valence-corrected chi connectivity index (χ2v) is 7.92. The van der Waals surface area contributed by atoms with Gasteiger partial charge in [-0.3, -0.25) is 0 Å². The van der Waals surface area contributed by atoms with Crippen LogP contribution in [0.15, 0.2) is 48.5 Å². The van der Waals surface area contributed by atoms with Crippen LogP contribution in [0, 0.1) is 11.7 Å². The van der Waals surface area contributed by atoms with E-state index in [0.717, 1.165) is 5.56 Å². The summed E-state index contributed by atoms with van der Waals surface area (Å²) in [6.45, 7) is 0.651. The van der Waals surface area contributed by atoms with Crippen molar-refractivity contribution in [3.63, 3.8) is 0 Å². The summed E-state index contributed by atoms with van der Waals surface area (Å²) in [5.74, 6) is -0.284. The van der Waals surface area contributed by atoms with Gasteiger partial charge >= 0.3 is 5.97 Å². The molecule has 1 aliphatic carbocycles. The SMILES string of the molecule is COc1cccc(C2(O)CCC(OC(=O)c3ccc(F)cc3)CC2CN(C)C)c1. The van der Waals surface area contributed by atoms with Gasteiger partial charge in [0.2, 0.25) is 0 Å². The van der Waals surface area contributed by atoms with Gasteiger partial charge in [0.25, 0.3) is 0 Å². The number of aliphatic hydroxyl groups is 1. The van der Waals surface area contributed by atoms with Crippen molar-refractivity contribution in [1.82, 2.24) is 4.90 Å². The van der Waals surface area contributed by atoms with Gasteiger partial charge in [0.05, 0.1) is 18.3 Å². The zero-order valence-electron chi connectivity index (χ0n) is 17.1. The zero-order chi connectivity index (χ0) is 21.0. The minimum Gasteiger partial charge on any atom is -0.497 e. The van der Waals surface area contributed by atoms with Crippen molar-refractivity contribution in [1.29, 1.82) is 0 Å². The van der Waals surface area contributed by atoms with E-state index in [1.165, 1.54) is 24.3 Å². The number of carbonyl (C=O) groups excluding carboxylic acids is 1. The minimum atomic E-state index is -1.03. The molecular formula is C23H28FNO4. The molecule has 1 saturated carbocycles. The molecule has 3 unspecified atom stereocenters. The van der Waals surface area contributed by atoms with E-state index in [4.69, 9.17) is 9.47 Å². The number of halogens is 1. The zero-order valence-corrected chi connectivity index (χ0v) is 17.1. The maximum atomic E-state index is 13.1. The van der Waals surface area contributed by atoms with Crippen molar-refractivity contribution in [2.24, 2.45) is 5.92 Å². The van der Waals surface area contributed by atoms with E-state index < -0.39 is 17.4 Å². The first-order valence-corrected chi connectivity index (χ1v) is 9.80. The summed E-state index contributed by atoms with van der Waals surface area (Å²) in [5.41, 5.74) is 0.105. The quantitative estimate of drug-likeness (QED) is 0.750. The molecule has 3 rings (SSSR count). The molecule has 2 aromatic carbocycles. The average molecular weight is 401 g/mol. The fourth-order valence-electron chi connectivity index (χ4n) is 4.07. The lowest BCUT2D eigenvalue weighted by atomic mass is 9.70. The van der Waals surface area contributed by atoms with Crippen LogP contribution >= 0.6 is 0 Å². The topological polar surface area (TPSA) is 59.0 Å². The first-order valence-electron chi connectivity index (χ1n) is 9.80. The van der Waals surface area contributed by atoms with Crippen LogP contribution in [0.1, 0.15) is 35.2 Å². The van der Waals surface area contributed by atoms with Crippen LogP contribution in [0.3, 0.4) is 0 Å². The Bertz CT molecular complexity index is 839. The summed E-state index contributed by atoms with van der Waals surface area (Å²) in [6.07, 6.45) is 1.26. The third kappa shape index (κ3) is 4.95. The van der Waals surface area contributed by atoms with Gasteiger partial charge in [0.15, 0.2) is 0 Å². The maximum Gasteiger partial charge on any atom is 0.338 e. The Labute approximate surface area is 171 Å². The Morgan fingerprint density at radius 3 is 2.62 bits per heavy atom. The molecule has 1 fully saturated rings. The van der Waals surface area contributed by atoms with Crippen LogP contribution in [0.4, 0.5) is 4.39 Å². The summed E-state index contributed by atoms with van der Waals surface area (Å²) >= 11 is 0. The van der Waals surface area contributed by atoms with E-state index >= 15 is 0 Å². The lowest BCUT2D eigenvalue weighted by Gasteiger charge is -2.44. The molecule has 5 nitrogen and oxygen atoms in total. The van der Waals surface area contributed by atoms with Gasteiger partial charge in [-0.15, -0.1) is 0 Å². The third-order valence-electron chi connectivity index (χ3n) is 5.58.